The zero-order valence-electron chi connectivity index (χ0n) is 9.78. The molecule has 106 valence electrons. The number of benzene rings is 1. The smallest absolute Gasteiger partial charge is 0.340 e. The summed E-state index contributed by atoms with van der Waals surface area (Å²) in [6.45, 7) is 0.724. The zero-order chi connectivity index (χ0) is 14.3. The molecule has 2 N–H and O–H groups in total. The van der Waals surface area contributed by atoms with Gasteiger partial charge in [-0.2, -0.15) is 26.3 Å². The van der Waals surface area contributed by atoms with Crippen molar-refractivity contribution in [3.05, 3.63) is 34.9 Å². The van der Waals surface area contributed by atoms with Crippen LogP contribution in [0, 0.1) is 0 Å². The topological polar surface area (TPSA) is 16.6 Å². The number of hydrogen-bond donors (Lipinski definition) is 1. The van der Waals surface area contributed by atoms with Crippen LogP contribution in [0.4, 0.5) is 26.3 Å². The zero-order valence-corrected chi connectivity index (χ0v) is 9.78. The SMILES string of the molecule is FC(F)(F)c1cc([C@@H]2CCC[NH2+]2)cc(C(F)(F)F)c1. The van der Waals surface area contributed by atoms with E-state index in [0.29, 0.717) is 6.42 Å². The fourth-order valence-electron chi connectivity index (χ4n) is 2.27. The molecule has 1 heterocycles. The number of nitrogens with two attached hydrogens (primary N) is 1. The Labute approximate surface area is 105 Å². The molecule has 1 fully saturated rings. The van der Waals surface area contributed by atoms with Gasteiger partial charge in [0.1, 0.15) is 6.04 Å². The van der Waals surface area contributed by atoms with Gasteiger partial charge in [0.05, 0.1) is 17.7 Å². The van der Waals surface area contributed by atoms with Crippen molar-refractivity contribution in [2.75, 3.05) is 6.54 Å². The summed E-state index contributed by atoms with van der Waals surface area (Å²) in [7, 11) is 0. The Hall–Kier alpha value is -1.24. The second-order valence-electron chi connectivity index (χ2n) is 4.61. The highest BCUT2D eigenvalue weighted by Gasteiger charge is 2.38. The quantitative estimate of drug-likeness (QED) is 0.763. The van der Waals surface area contributed by atoms with Gasteiger partial charge >= 0.3 is 12.4 Å². The normalized spacial score (nSPS) is 20.8. The number of alkyl halides is 6. The first-order chi connectivity index (χ1) is 8.68. The third kappa shape index (κ3) is 3.20. The molecule has 0 saturated carbocycles. The molecule has 0 amide bonds. The first-order valence-corrected chi connectivity index (χ1v) is 5.80. The van der Waals surface area contributed by atoms with Crippen LogP contribution in [-0.4, -0.2) is 6.54 Å². The van der Waals surface area contributed by atoms with Crippen LogP contribution in [0.2, 0.25) is 0 Å². The summed E-state index contributed by atoms with van der Waals surface area (Å²) in [6.07, 6.45) is -8.15. The summed E-state index contributed by atoms with van der Waals surface area (Å²) in [5, 5.41) is 1.77. The first kappa shape index (κ1) is 14.2. The first-order valence-electron chi connectivity index (χ1n) is 5.80. The highest BCUT2D eigenvalue weighted by atomic mass is 19.4. The molecule has 2 rings (SSSR count). The van der Waals surface area contributed by atoms with Crippen LogP contribution in [0.3, 0.4) is 0 Å². The molecule has 0 aliphatic carbocycles. The highest BCUT2D eigenvalue weighted by Crippen LogP contribution is 2.37. The number of quaternary nitrogens is 1. The lowest BCUT2D eigenvalue weighted by atomic mass is 9.98. The maximum atomic E-state index is 12.6. The third-order valence-corrected chi connectivity index (χ3v) is 3.21. The van der Waals surface area contributed by atoms with Crippen molar-refractivity contribution >= 4 is 0 Å². The molecule has 1 aliphatic rings. The van der Waals surface area contributed by atoms with Crippen LogP contribution in [0.5, 0.6) is 0 Å². The molecule has 1 aliphatic heterocycles. The Morgan fingerprint density at radius 3 is 1.79 bits per heavy atom. The Kier molecular flexibility index (Phi) is 3.51. The molecule has 1 atom stereocenters. The van der Waals surface area contributed by atoms with E-state index in [1.165, 1.54) is 0 Å². The number of halogens is 6. The van der Waals surface area contributed by atoms with Gasteiger partial charge in [-0.3, -0.25) is 0 Å². The maximum Gasteiger partial charge on any atom is 0.416 e. The minimum Gasteiger partial charge on any atom is -0.340 e. The Morgan fingerprint density at radius 1 is 0.895 bits per heavy atom. The average Bonchev–Trinajstić information content (AvgIpc) is 2.79. The van der Waals surface area contributed by atoms with E-state index in [0.717, 1.165) is 25.1 Å². The van der Waals surface area contributed by atoms with Gasteiger partial charge in [-0.15, -0.1) is 0 Å². The van der Waals surface area contributed by atoms with E-state index in [4.69, 9.17) is 0 Å². The molecule has 1 nitrogen and oxygen atoms in total. The summed E-state index contributed by atoms with van der Waals surface area (Å²) in [6, 6.07) is 1.49. The van der Waals surface area contributed by atoms with Crippen molar-refractivity contribution in [3.8, 4) is 0 Å². The Balaban J connectivity index is 2.48. The largest absolute Gasteiger partial charge is 0.416 e. The lowest BCUT2D eigenvalue weighted by Crippen LogP contribution is -2.81. The van der Waals surface area contributed by atoms with Crippen LogP contribution in [0.25, 0.3) is 0 Å². The molecule has 1 saturated heterocycles. The molecule has 1 aromatic rings. The summed E-state index contributed by atoms with van der Waals surface area (Å²) in [4.78, 5) is 0. The molecule has 0 unspecified atom stereocenters. The van der Waals surface area contributed by atoms with Gasteiger partial charge in [0.15, 0.2) is 0 Å². The summed E-state index contributed by atoms with van der Waals surface area (Å²) in [5.74, 6) is 0. The van der Waals surface area contributed by atoms with E-state index in [2.05, 4.69) is 0 Å². The van der Waals surface area contributed by atoms with Crippen molar-refractivity contribution in [3.63, 3.8) is 0 Å². The standard InChI is InChI=1S/C12H11F6N/c13-11(14,15)8-4-7(10-2-1-3-19-10)5-9(6-8)12(16,17)18/h4-6,10,19H,1-3H2/p+1/t10-/m0/s1. The van der Waals surface area contributed by atoms with Crippen LogP contribution >= 0.6 is 0 Å². The predicted molar refractivity (Wildman–Crippen MR) is 55.2 cm³/mol. The van der Waals surface area contributed by atoms with Crippen LogP contribution in [0.15, 0.2) is 18.2 Å². The van der Waals surface area contributed by atoms with Crippen molar-refractivity contribution in [1.82, 2.24) is 0 Å². The van der Waals surface area contributed by atoms with Gasteiger partial charge in [-0.05, 0) is 18.2 Å². The number of hydrogen-bond acceptors (Lipinski definition) is 0. The summed E-state index contributed by atoms with van der Waals surface area (Å²) >= 11 is 0. The van der Waals surface area contributed by atoms with Crippen LogP contribution < -0.4 is 5.32 Å². The van der Waals surface area contributed by atoms with Crippen molar-refractivity contribution in [2.24, 2.45) is 0 Å². The second-order valence-corrected chi connectivity index (χ2v) is 4.61. The van der Waals surface area contributed by atoms with Crippen LogP contribution in [-0.2, 0) is 12.4 Å². The molecule has 0 radical (unpaired) electrons. The van der Waals surface area contributed by atoms with E-state index in [-0.39, 0.29) is 17.7 Å². The highest BCUT2D eigenvalue weighted by molar-refractivity contribution is 5.34. The maximum absolute atomic E-state index is 12.6. The van der Waals surface area contributed by atoms with Crippen molar-refractivity contribution in [1.29, 1.82) is 0 Å². The minimum atomic E-state index is -4.77. The van der Waals surface area contributed by atoms with E-state index in [9.17, 15) is 26.3 Å². The average molecular weight is 284 g/mol. The molecular weight excluding hydrogens is 272 g/mol. The van der Waals surface area contributed by atoms with Gasteiger partial charge in [0.2, 0.25) is 0 Å². The van der Waals surface area contributed by atoms with Gasteiger partial charge in [-0.25, -0.2) is 0 Å². The lowest BCUT2D eigenvalue weighted by molar-refractivity contribution is -0.676. The third-order valence-electron chi connectivity index (χ3n) is 3.21. The fourth-order valence-corrected chi connectivity index (χ4v) is 2.27. The van der Waals surface area contributed by atoms with E-state index >= 15 is 0 Å². The second kappa shape index (κ2) is 4.70. The summed E-state index contributed by atoms with van der Waals surface area (Å²) in [5.41, 5.74) is -2.38. The van der Waals surface area contributed by atoms with Gasteiger partial charge in [0.25, 0.3) is 0 Å². The number of rotatable bonds is 1. The van der Waals surface area contributed by atoms with E-state index < -0.39 is 23.5 Å². The van der Waals surface area contributed by atoms with Crippen LogP contribution in [0.1, 0.15) is 35.6 Å². The molecule has 0 aromatic heterocycles. The molecule has 0 bridgehead atoms. The van der Waals surface area contributed by atoms with Gasteiger partial charge in [0, 0.05) is 18.4 Å². The summed E-state index contributed by atoms with van der Waals surface area (Å²) < 4.78 is 75.9. The minimum absolute atomic E-state index is 0.0969. The van der Waals surface area contributed by atoms with Gasteiger partial charge in [-0.1, -0.05) is 0 Å². The molecule has 7 heteroatoms. The monoisotopic (exact) mass is 284 g/mol. The lowest BCUT2D eigenvalue weighted by Gasteiger charge is -2.16. The van der Waals surface area contributed by atoms with E-state index in [1.54, 1.807) is 5.32 Å². The predicted octanol–water partition coefficient (Wildman–Crippen LogP) is 3.12. The Bertz CT molecular complexity index is 424. The molecule has 1 aromatic carbocycles. The van der Waals surface area contributed by atoms with Gasteiger partial charge < -0.3 is 5.32 Å². The molecule has 19 heavy (non-hydrogen) atoms. The van der Waals surface area contributed by atoms with Crippen molar-refractivity contribution < 1.29 is 31.7 Å². The Morgan fingerprint density at radius 2 is 1.42 bits per heavy atom. The molecular formula is C12H12F6N+. The van der Waals surface area contributed by atoms with Crippen molar-refractivity contribution in [2.45, 2.75) is 31.2 Å². The molecule has 0 spiro atoms. The fraction of sp³-hybridized carbons (Fsp3) is 0.500. The van der Waals surface area contributed by atoms with E-state index in [1.807, 2.05) is 0 Å².